The molecule has 0 bridgehead atoms. The minimum absolute atomic E-state index is 0.0534. The molecule has 0 radical (unpaired) electrons. The third kappa shape index (κ3) is 8.26. The molecule has 0 aromatic heterocycles. The number of anilines is 1. The fraction of sp³-hybridized carbons (Fsp3) is 0.257. The number of aryl methyl sites for hydroxylation is 1. The van der Waals surface area contributed by atoms with Crippen molar-refractivity contribution in [3.63, 3.8) is 0 Å². The summed E-state index contributed by atoms with van der Waals surface area (Å²) in [7, 11) is -4.17. The normalized spacial score (nSPS) is 12.5. The molecule has 0 aliphatic rings. The van der Waals surface area contributed by atoms with Gasteiger partial charge in [0.05, 0.1) is 10.6 Å². The van der Waals surface area contributed by atoms with Crippen molar-refractivity contribution >= 4 is 27.5 Å². The van der Waals surface area contributed by atoms with E-state index in [0.29, 0.717) is 11.5 Å². The molecule has 0 aliphatic heterocycles. The molecule has 0 spiro atoms. The molecular weight excluding hydrogens is 574 g/mol. The first-order valence-corrected chi connectivity index (χ1v) is 16.1. The molecule has 4 rings (SSSR count). The Bertz CT molecular complexity index is 1630. The molecule has 1 N–H and O–H groups in total. The maximum absolute atomic E-state index is 14.1. The first kappa shape index (κ1) is 32.3. The van der Waals surface area contributed by atoms with Crippen LogP contribution in [0.2, 0.25) is 0 Å². The van der Waals surface area contributed by atoms with Crippen LogP contribution in [-0.2, 0) is 26.2 Å². The van der Waals surface area contributed by atoms with Crippen molar-refractivity contribution in [1.29, 1.82) is 0 Å². The number of para-hydroxylation sites is 1. The lowest BCUT2D eigenvalue weighted by atomic mass is 10.1. The molecule has 4 aromatic carbocycles. The van der Waals surface area contributed by atoms with Crippen molar-refractivity contribution in [3.8, 4) is 11.5 Å². The van der Waals surface area contributed by atoms with Crippen LogP contribution in [0.15, 0.2) is 114 Å². The van der Waals surface area contributed by atoms with Crippen LogP contribution in [0.25, 0.3) is 0 Å². The molecule has 0 fully saturated rings. The van der Waals surface area contributed by atoms with E-state index in [9.17, 15) is 18.0 Å². The number of nitrogens with one attached hydrogen (secondary N) is 1. The van der Waals surface area contributed by atoms with Crippen molar-refractivity contribution in [2.75, 3.05) is 10.8 Å². The molecule has 230 valence electrons. The van der Waals surface area contributed by atoms with Gasteiger partial charge >= 0.3 is 0 Å². The van der Waals surface area contributed by atoms with Gasteiger partial charge in [0.2, 0.25) is 11.8 Å². The Balaban J connectivity index is 1.69. The topological polar surface area (TPSA) is 96.0 Å². The van der Waals surface area contributed by atoms with Crippen molar-refractivity contribution < 1.29 is 22.7 Å². The van der Waals surface area contributed by atoms with Gasteiger partial charge in [-0.15, -0.1) is 0 Å². The van der Waals surface area contributed by atoms with E-state index in [1.807, 2.05) is 81.4 Å². The van der Waals surface area contributed by atoms with Crippen molar-refractivity contribution in [3.05, 3.63) is 120 Å². The van der Waals surface area contributed by atoms with E-state index < -0.39 is 28.5 Å². The molecular formula is C35H39N3O5S. The van der Waals surface area contributed by atoms with Crippen molar-refractivity contribution in [2.45, 2.75) is 57.6 Å². The highest BCUT2D eigenvalue weighted by molar-refractivity contribution is 7.92. The maximum Gasteiger partial charge on any atom is 0.264 e. The molecule has 8 nitrogen and oxygen atoms in total. The van der Waals surface area contributed by atoms with Crippen LogP contribution in [0.3, 0.4) is 0 Å². The van der Waals surface area contributed by atoms with Gasteiger partial charge in [-0.05, 0) is 81.3 Å². The number of rotatable bonds is 13. The number of ether oxygens (including phenoxy) is 1. The molecule has 44 heavy (non-hydrogen) atoms. The van der Waals surface area contributed by atoms with Gasteiger partial charge in [0.15, 0.2) is 0 Å². The zero-order valence-corrected chi connectivity index (χ0v) is 26.3. The molecule has 0 saturated carbocycles. The summed E-state index contributed by atoms with van der Waals surface area (Å²) < 4.78 is 35.1. The Kier molecular flexibility index (Phi) is 10.8. The lowest BCUT2D eigenvalue weighted by Crippen LogP contribution is -2.52. The molecule has 0 aliphatic carbocycles. The SMILES string of the molecule is CC[C@H](C)NC(=O)[C@H](C)N(Cc1ccccc1)C(=O)CN(c1ccc(Oc2ccccc2)cc1)S(=O)(=O)c1ccc(C)cc1. The second kappa shape index (κ2) is 14.7. The molecule has 0 unspecified atom stereocenters. The molecule has 2 amide bonds. The summed E-state index contributed by atoms with van der Waals surface area (Å²) in [4.78, 5) is 28.8. The average Bonchev–Trinajstić information content (AvgIpc) is 3.03. The summed E-state index contributed by atoms with van der Waals surface area (Å²) in [5.41, 5.74) is 2.01. The van der Waals surface area contributed by atoms with Crippen molar-refractivity contribution in [2.24, 2.45) is 0 Å². The lowest BCUT2D eigenvalue weighted by Gasteiger charge is -2.32. The summed E-state index contributed by atoms with van der Waals surface area (Å²) >= 11 is 0. The highest BCUT2D eigenvalue weighted by atomic mass is 32.2. The highest BCUT2D eigenvalue weighted by Gasteiger charge is 2.32. The molecule has 2 atom stereocenters. The van der Waals surface area contributed by atoms with Gasteiger partial charge < -0.3 is 15.0 Å². The van der Waals surface area contributed by atoms with Crippen LogP contribution < -0.4 is 14.4 Å². The van der Waals surface area contributed by atoms with Crippen LogP contribution in [0, 0.1) is 6.92 Å². The number of hydrogen-bond acceptors (Lipinski definition) is 5. The molecule has 4 aromatic rings. The van der Waals surface area contributed by atoms with Crippen LogP contribution >= 0.6 is 0 Å². The second-order valence-corrected chi connectivity index (χ2v) is 12.6. The predicted octanol–water partition coefficient (Wildman–Crippen LogP) is 6.31. The molecule has 0 heterocycles. The van der Waals surface area contributed by atoms with Gasteiger partial charge in [-0.3, -0.25) is 13.9 Å². The highest BCUT2D eigenvalue weighted by Crippen LogP contribution is 2.28. The van der Waals surface area contributed by atoms with E-state index in [4.69, 9.17) is 4.74 Å². The zero-order valence-electron chi connectivity index (χ0n) is 25.5. The number of sulfonamides is 1. The summed E-state index contributed by atoms with van der Waals surface area (Å²) in [6.07, 6.45) is 0.734. The molecule has 9 heteroatoms. The van der Waals surface area contributed by atoms with E-state index in [0.717, 1.165) is 21.9 Å². The third-order valence-corrected chi connectivity index (χ3v) is 9.14. The smallest absolute Gasteiger partial charge is 0.264 e. The van der Waals surface area contributed by atoms with Gasteiger partial charge in [-0.25, -0.2) is 8.42 Å². The van der Waals surface area contributed by atoms with Gasteiger partial charge in [-0.1, -0.05) is 73.2 Å². The first-order valence-electron chi connectivity index (χ1n) is 14.6. The third-order valence-electron chi connectivity index (χ3n) is 7.36. The monoisotopic (exact) mass is 613 g/mol. The summed E-state index contributed by atoms with van der Waals surface area (Å²) in [5.74, 6) is 0.334. The van der Waals surface area contributed by atoms with Gasteiger partial charge in [0.25, 0.3) is 10.0 Å². The quantitative estimate of drug-likeness (QED) is 0.191. The van der Waals surface area contributed by atoms with Gasteiger partial charge in [0, 0.05) is 12.6 Å². The van der Waals surface area contributed by atoms with Crippen molar-refractivity contribution in [1.82, 2.24) is 10.2 Å². The Hall–Kier alpha value is -4.63. The van der Waals surface area contributed by atoms with E-state index in [1.54, 1.807) is 43.3 Å². The van der Waals surface area contributed by atoms with E-state index in [-0.39, 0.29) is 29.1 Å². The van der Waals surface area contributed by atoms with E-state index >= 15 is 0 Å². The number of nitrogens with zero attached hydrogens (tertiary/aromatic N) is 2. The largest absolute Gasteiger partial charge is 0.457 e. The van der Waals surface area contributed by atoms with Crippen LogP contribution in [0.4, 0.5) is 5.69 Å². The van der Waals surface area contributed by atoms with Crippen LogP contribution in [-0.4, -0.2) is 43.8 Å². The Labute approximate surface area is 260 Å². The summed E-state index contributed by atoms with van der Waals surface area (Å²) in [6, 6.07) is 30.7. The lowest BCUT2D eigenvalue weighted by molar-refractivity contribution is -0.139. The Morgan fingerprint density at radius 2 is 1.36 bits per heavy atom. The van der Waals surface area contributed by atoms with Gasteiger partial charge in [0.1, 0.15) is 24.1 Å². The number of amides is 2. The molecule has 0 saturated heterocycles. The standard InChI is InChI=1S/C35H39N3O5S/c1-5-27(3)36-35(40)28(4)37(24-29-12-8-6-9-13-29)34(39)25-38(44(41,42)33-22-16-26(2)17-23-33)30-18-20-32(21-19-30)43-31-14-10-7-11-15-31/h6-23,27-28H,5,24-25H2,1-4H3,(H,36,40)/t27-,28-/m0/s1. The van der Waals surface area contributed by atoms with E-state index in [2.05, 4.69) is 5.32 Å². The predicted molar refractivity (Wildman–Crippen MR) is 173 cm³/mol. The Morgan fingerprint density at radius 1 is 0.795 bits per heavy atom. The Morgan fingerprint density at radius 3 is 1.95 bits per heavy atom. The minimum Gasteiger partial charge on any atom is -0.457 e. The van der Waals surface area contributed by atoms with E-state index in [1.165, 1.54) is 17.0 Å². The maximum atomic E-state index is 14.1. The van der Waals surface area contributed by atoms with Crippen LogP contribution in [0.5, 0.6) is 11.5 Å². The first-order chi connectivity index (χ1) is 21.1. The zero-order chi connectivity index (χ0) is 31.7. The number of carbonyl (C=O) groups excluding carboxylic acids is 2. The fourth-order valence-electron chi connectivity index (χ4n) is 4.50. The average molecular weight is 614 g/mol. The number of carbonyl (C=O) groups is 2. The second-order valence-electron chi connectivity index (χ2n) is 10.7. The summed E-state index contributed by atoms with van der Waals surface area (Å²) in [5, 5.41) is 2.94. The summed E-state index contributed by atoms with van der Waals surface area (Å²) in [6.45, 7) is 7.02. The number of benzene rings is 4. The minimum atomic E-state index is -4.17. The fourth-order valence-corrected chi connectivity index (χ4v) is 5.91. The van der Waals surface area contributed by atoms with Gasteiger partial charge in [-0.2, -0.15) is 0 Å². The number of hydrogen-bond donors (Lipinski definition) is 1. The van der Waals surface area contributed by atoms with Crippen LogP contribution in [0.1, 0.15) is 38.3 Å².